The Bertz CT molecular complexity index is 512. The van der Waals surface area contributed by atoms with E-state index in [0.29, 0.717) is 0 Å². The van der Waals surface area contributed by atoms with Crippen LogP contribution in [0.4, 0.5) is 0 Å². The van der Waals surface area contributed by atoms with Gasteiger partial charge in [-0.3, -0.25) is 0 Å². The van der Waals surface area contributed by atoms with E-state index in [2.05, 4.69) is 28.6 Å². The van der Waals surface area contributed by atoms with Gasteiger partial charge in [0.2, 0.25) is 0 Å². The number of H-pyrrole nitrogens is 1. The maximum absolute atomic E-state index is 5.29. The molecule has 3 heteroatoms. The molecule has 1 saturated heterocycles. The van der Waals surface area contributed by atoms with Crippen molar-refractivity contribution < 1.29 is 4.74 Å². The molecule has 2 N–H and O–H groups in total. The Labute approximate surface area is 101 Å². The quantitative estimate of drug-likeness (QED) is 0.849. The summed E-state index contributed by atoms with van der Waals surface area (Å²) in [5.41, 5.74) is 2.61. The minimum atomic E-state index is 0.778. The minimum absolute atomic E-state index is 0.778. The van der Waals surface area contributed by atoms with Gasteiger partial charge < -0.3 is 15.0 Å². The molecule has 1 aliphatic heterocycles. The summed E-state index contributed by atoms with van der Waals surface area (Å²) in [5.74, 6) is 1.71. The summed E-state index contributed by atoms with van der Waals surface area (Å²) in [6.45, 7) is 2.31. The van der Waals surface area contributed by atoms with E-state index >= 15 is 0 Å². The molecule has 2 aromatic rings. The highest BCUT2D eigenvalue weighted by molar-refractivity contribution is 5.84. The van der Waals surface area contributed by atoms with Gasteiger partial charge in [0, 0.05) is 17.1 Å². The van der Waals surface area contributed by atoms with E-state index in [1.54, 1.807) is 7.11 Å². The van der Waals surface area contributed by atoms with Crippen LogP contribution in [0.25, 0.3) is 10.9 Å². The number of aromatic amines is 1. The first-order chi connectivity index (χ1) is 8.36. The number of aromatic nitrogens is 1. The Kier molecular flexibility index (Phi) is 2.77. The lowest BCUT2D eigenvalue weighted by Gasteiger charge is -2.07. The Morgan fingerprint density at radius 1 is 1.41 bits per heavy atom. The molecule has 1 aliphatic rings. The van der Waals surface area contributed by atoms with Crippen molar-refractivity contribution in [2.24, 2.45) is 5.92 Å². The topological polar surface area (TPSA) is 37.0 Å². The molecule has 1 aromatic carbocycles. The fourth-order valence-corrected chi connectivity index (χ4v) is 2.65. The van der Waals surface area contributed by atoms with E-state index in [1.165, 1.54) is 22.9 Å². The molecule has 0 spiro atoms. The third-order valence-corrected chi connectivity index (χ3v) is 3.65. The van der Waals surface area contributed by atoms with Crippen LogP contribution >= 0.6 is 0 Å². The molecule has 1 atom stereocenters. The predicted molar refractivity (Wildman–Crippen MR) is 69.5 cm³/mol. The van der Waals surface area contributed by atoms with Gasteiger partial charge in [-0.2, -0.15) is 0 Å². The van der Waals surface area contributed by atoms with Crippen molar-refractivity contribution in [3.63, 3.8) is 0 Å². The van der Waals surface area contributed by atoms with Gasteiger partial charge in [0.15, 0.2) is 0 Å². The largest absolute Gasteiger partial charge is 0.497 e. The Morgan fingerprint density at radius 3 is 3.12 bits per heavy atom. The second-order valence-electron chi connectivity index (χ2n) is 4.79. The highest BCUT2D eigenvalue weighted by Gasteiger charge is 2.16. The third kappa shape index (κ3) is 2.03. The molecule has 17 heavy (non-hydrogen) atoms. The van der Waals surface area contributed by atoms with E-state index in [4.69, 9.17) is 4.74 Å². The van der Waals surface area contributed by atoms with Crippen LogP contribution < -0.4 is 10.1 Å². The zero-order valence-electron chi connectivity index (χ0n) is 10.1. The molecule has 0 saturated carbocycles. The van der Waals surface area contributed by atoms with Gasteiger partial charge in [-0.15, -0.1) is 0 Å². The lowest BCUT2D eigenvalue weighted by molar-refractivity contribution is 0.415. The second kappa shape index (κ2) is 4.41. The average molecular weight is 230 g/mol. The molecule has 1 aromatic heterocycles. The number of ether oxygens (including phenoxy) is 1. The summed E-state index contributed by atoms with van der Waals surface area (Å²) in [6.07, 6.45) is 4.58. The molecule has 1 unspecified atom stereocenters. The number of nitrogens with one attached hydrogen (secondary N) is 2. The summed E-state index contributed by atoms with van der Waals surface area (Å²) < 4.78 is 5.29. The zero-order chi connectivity index (χ0) is 11.7. The summed E-state index contributed by atoms with van der Waals surface area (Å²) in [5, 5.41) is 4.72. The zero-order valence-corrected chi connectivity index (χ0v) is 10.1. The maximum Gasteiger partial charge on any atom is 0.119 e. The number of hydrogen-bond donors (Lipinski definition) is 2. The monoisotopic (exact) mass is 230 g/mol. The van der Waals surface area contributed by atoms with Gasteiger partial charge >= 0.3 is 0 Å². The molecule has 0 bridgehead atoms. The van der Waals surface area contributed by atoms with Crippen LogP contribution in [0.2, 0.25) is 0 Å². The van der Waals surface area contributed by atoms with Crippen molar-refractivity contribution in [3.8, 4) is 5.75 Å². The van der Waals surface area contributed by atoms with Crippen LogP contribution in [0.1, 0.15) is 12.0 Å². The smallest absolute Gasteiger partial charge is 0.119 e. The molecule has 1 fully saturated rings. The summed E-state index contributed by atoms with van der Waals surface area (Å²) in [4.78, 5) is 3.34. The SMILES string of the molecule is COc1ccc2[nH]cc(CC3CCNC3)c2c1. The van der Waals surface area contributed by atoms with Crippen molar-refractivity contribution in [2.45, 2.75) is 12.8 Å². The molecule has 2 heterocycles. The first-order valence-corrected chi connectivity index (χ1v) is 6.21. The average Bonchev–Trinajstić information content (AvgIpc) is 2.99. The number of fused-ring (bicyclic) bond motifs is 1. The van der Waals surface area contributed by atoms with Gasteiger partial charge in [0.05, 0.1) is 7.11 Å². The summed E-state index contributed by atoms with van der Waals surface area (Å²) in [7, 11) is 1.72. The molecular formula is C14H18N2O. The van der Waals surface area contributed by atoms with Crippen LogP contribution in [-0.4, -0.2) is 25.2 Å². The third-order valence-electron chi connectivity index (χ3n) is 3.65. The van der Waals surface area contributed by atoms with Gasteiger partial charge in [0.1, 0.15) is 5.75 Å². The maximum atomic E-state index is 5.29. The van der Waals surface area contributed by atoms with Crippen LogP contribution in [-0.2, 0) is 6.42 Å². The summed E-state index contributed by atoms with van der Waals surface area (Å²) >= 11 is 0. The minimum Gasteiger partial charge on any atom is -0.497 e. The first-order valence-electron chi connectivity index (χ1n) is 6.21. The van der Waals surface area contributed by atoms with Crippen LogP contribution in [0.5, 0.6) is 5.75 Å². The number of methoxy groups -OCH3 is 1. The number of hydrogen-bond acceptors (Lipinski definition) is 2. The lowest BCUT2D eigenvalue weighted by atomic mass is 9.98. The molecule has 90 valence electrons. The van der Waals surface area contributed by atoms with E-state index < -0.39 is 0 Å². The fourth-order valence-electron chi connectivity index (χ4n) is 2.65. The molecule has 3 rings (SSSR count). The molecule has 0 amide bonds. The molecule has 3 nitrogen and oxygen atoms in total. The highest BCUT2D eigenvalue weighted by Crippen LogP contribution is 2.26. The van der Waals surface area contributed by atoms with Crippen molar-refractivity contribution >= 4 is 10.9 Å². The van der Waals surface area contributed by atoms with E-state index in [-0.39, 0.29) is 0 Å². The molecule has 0 radical (unpaired) electrons. The van der Waals surface area contributed by atoms with Gasteiger partial charge in [0.25, 0.3) is 0 Å². The van der Waals surface area contributed by atoms with Crippen LogP contribution in [0, 0.1) is 5.92 Å². The Morgan fingerprint density at radius 2 is 2.35 bits per heavy atom. The van der Waals surface area contributed by atoms with Crippen molar-refractivity contribution in [1.82, 2.24) is 10.3 Å². The van der Waals surface area contributed by atoms with Crippen LogP contribution in [0.3, 0.4) is 0 Å². The predicted octanol–water partition coefficient (Wildman–Crippen LogP) is 2.33. The fraction of sp³-hybridized carbons (Fsp3) is 0.429. The van der Waals surface area contributed by atoms with Crippen molar-refractivity contribution in [3.05, 3.63) is 30.0 Å². The Balaban J connectivity index is 1.92. The van der Waals surface area contributed by atoms with Crippen molar-refractivity contribution in [1.29, 1.82) is 0 Å². The summed E-state index contributed by atoms with van der Waals surface area (Å²) in [6, 6.07) is 6.22. The first kappa shape index (κ1) is 10.7. The van der Waals surface area contributed by atoms with E-state index in [0.717, 1.165) is 31.2 Å². The van der Waals surface area contributed by atoms with Crippen molar-refractivity contribution in [2.75, 3.05) is 20.2 Å². The Hall–Kier alpha value is -1.48. The second-order valence-corrected chi connectivity index (χ2v) is 4.79. The normalized spacial score (nSPS) is 19.9. The van der Waals surface area contributed by atoms with Gasteiger partial charge in [-0.25, -0.2) is 0 Å². The highest BCUT2D eigenvalue weighted by atomic mass is 16.5. The number of rotatable bonds is 3. The molecule has 0 aliphatic carbocycles. The van der Waals surface area contributed by atoms with Gasteiger partial charge in [-0.05, 0) is 55.6 Å². The molecular weight excluding hydrogens is 212 g/mol. The standard InChI is InChI=1S/C14H18N2O/c1-17-12-2-3-14-13(7-12)11(9-16-14)6-10-4-5-15-8-10/h2-3,7,9-10,15-16H,4-6,8H2,1H3. The van der Waals surface area contributed by atoms with E-state index in [1.807, 2.05) is 6.07 Å². The van der Waals surface area contributed by atoms with E-state index in [9.17, 15) is 0 Å². The lowest BCUT2D eigenvalue weighted by Crippen LogP contribution is -2.10. The number of benzene rings is 1. The van der Waals surface area contributed by atoms with Crippen LogP contribution in [0.15, 0.2) is 24.4 Å². The van der Waals surface area contributed by atoms with Gasteiger partial charge in [-0.1, -0.05) is 0 Å².